The summed E-state index contributed by atoms with van der Waals surface area (Å²) in [4.78, 5) is 16.7. The van der Waals surface area contributed by atoms with Crippen molar-refractivity contribution in [1.29, 1.82) is 0 Å². The molecule has 0 aliphatic carbocycles. The third kappa shape index (κ3) is 3.75. The molecule has 0 saturated heterocycles. The Balaban J connectivity index is 1.97. The van der Waals surface area contributed by atoms with Gasteiger partial charge in [-0.1, -0.05) is 34.8 Å². The first-order valence-corrected chi connectivity index (χ1v) is 8.33. The minimum atomic E-state index is -0.425. The Labute approximate surface area is 143 Å². The van der Waals surface area contributed by atoms with Crippen LogP contribution >= 0.6 is 11.5 Å². The number of imidazole rings is 1. The molecule has 3 aromatic rings. The molecule has 0 atom stereocenters. The fraction of sp³-hybridized carbons (Fsp3) is 0.176. The highest BCUT2D eigenvalue weighted by Gasteiger charge is 2.19. The highest BCUT2D eigenvalue weighted by atomic mass is 32.1. The van der Waals surface area contributed by atoms with Gasteiger partial charge in [-0.25, -0.2) is 9.78 Å². The molecule has 0 aliphatic rings. The molecule has 2 aromatic heterocycles. The molecule has 24 heavy (non-hydrogen) atoms. The summed E-state index contributed by atoms with van der Waals surface area (Å²) in [6, 6.07) is 9.99. The highest BCUT2D eigenvalue weighted by molar-refractivity contribution is 7.03. The van der Waals surface area contributed by atoms with Gasteiger partial charge >= 0.3 is 5.97 Å². The third-order valence-corrected chi connectivity index (χ3v) is 3.84. The van der Waals surface area contributed by atoms with Crippen LogP contribution in [0.1, 0.15) is 24.0 Å². The Morgan fingerprint density at radius 3 is 2.88 bits per heavy atom. The first-order chi connectivity index (χ1) is 11.8. The van der Waals surface area contributed by atoms with Crippen LogP contribution in [0.25, 0.3) is 11.6 Å². The van der Waals surface area contributed by atoms with Crippen LogP contribution in [0.4, 0.5) is 0 Å². The van der Waals surface area contributed by atoms with Gasteiger partial charge < -0.3 is 9.30 Å². The minimum Gasteiger partial charge on any atom is -0.462 e. The number of esters is 1. The zero-order chi connectivity index (χ0) is 16.8. The average molecular weight is 340 g/mol. The molecular formula is C17H16N4O2S. The molecule has 6 nitrogen and oxygen atoms in total. The van der Waals surface area contributed by atoms with Crippen LogP contribution in [0.5, 0.6) is 0 Å². The summed E-state index contributed by atoms with van der Waals surface area (Å²) in [5.41, 5.74) is 2.10. The van der Waals surface area contributed by atoms with Crippen molar-refractivity contribution in [2.45, 2.75) is 13.5 Å². The number of aromatic nitrogens is 4. The topological polar surface area (TPSA) is 69.9 Å². The summed E-state index contributed by atoms with van der Waals surface area (Å²) in [5.74, 6) is 0.122. The molecule has 0 amide bonds. The number of hydrogen-bond acceptors (Lipinski definition) is 6. The number of ether oxygens (including phenoxy) is 1. The number of nitrogens with zero attached hydrogens (tertiary/aromatic N) is 4. The average Bonchev–Trinajstić information content (AvgIpc) is 3.25. The zero-order valence-corrected chi connectivity index (χ0v) is 13.9. The van der Waals surface area contributed by atoms with Crippen LogP contribution in [-0.2, 0) is 16.1 Å². The first kappa shape index (κ1) is 16.1. The molecule has 122 valence electrons. The molecule has 0 aliphatic heterocycles. The Morgan fingerprint density at radius 1 is 1.33 bits per heavy atom. The van der Waals surface area contributed by atoms with Gasteiger partial charge in [-0.15, -0.1) is 5.10 Å². The molecule has 0 spiro atoms. The van der Waals surface area contributed by atoms with Crippen molar-refractivity contribution in [2.24, 2.45) is 0 Å². The van der Waals surface area contributed by atoms with Gasteiger partial charge in [0.1, 0.15) is 11.4 Å². The fourth-order valence-corrected chi connectivity index (χ4v) is 2.68. The molecule has 0 fully saturated rings. The maximum Gasteiger partial charge on any atom is 0.341 e. The van der Waals surface area contributed by atoms with E-state index in [1.165, 1.54) is 11.5 Å². The van der Waals surface area contributed by atoms with Crippen molar-refractivity contribution in [3.8, 4) is 0 Å². The maximum atomic E-state index is 12.4. The molecule has 1 aromatic carbocycles. The van der Waals surface area contributed by atoms with E-state index in [1.54, 1.807) is 24.6 Å². The third-order valence-electron chi connectivity index (χ3n) is 3.32. The standard InChI is InChI=1S/C17H16N4O2S/c1-2-23-17(22)15(10-14-12-24-20-19-14)16-18-8-9-21(16)11-13-6-4-3-5-7-13/h3-10,12H,2,11H2,1H3. The second kappa shape index (κ2) is 7.65. The summed E-state index contributed by atoms with van der Waals surface area (Å²) in [6.45, 7) is 2.68. The highest BCUT2D eigenvalue weighted by Crippen LogP contribution is 2.19. The number of benzene rings is 1. The quantitative estimate of drug-likeness (QED) is 0.510. The van der Waals surface area contributed by atoms with Crippen LogP contribution < -0.4 is 0 Å². The van der Waals surface area contributed by atoms with Gasteiger partial charge in [0, 0.05) is 24.3 Å². The zero-order valence-electron chi connectivity index (χ0n) is 13.1. The van der Waals surface area contributed by atoms with E-state index in [4.69, 9.17) is 4.74 Å². The summed E-state index contributed by atoms with van der Waals surface area (Å²) in [7, 11) is 0. The van der Waals surface area contributed by atoms with Gasteiger partial charge in [0.15, 0.2) is 0 Å². The van der Waals surface area contributed by atoms with Gasteiger partial charge in [-0.05, 0) is 30.1 Å². The van der Waals surface area contributed by atoms with Gasteiger partial charge in [-0.3, -0.25) is 0 Å². The monoisotopic (exact) mass is 340 g/mol. The van der Waals surface area contributed by atoms with Gasteiger partial charge in [0.25, 0.3) is 0 Å². The maximum absolute atomic E-state index is 12.4. The van der Waals surface area contributed by atoms with E-state index in [-0.39, 0.29) is 0 Å². The van der Waals surface area contributed by atoms with Crippen LogP contribution in [0.15, 0.2) is 48.1 Å². The molecule has 2 heterocycles. The minimum absolute atomic E-state index is 0.297. The van der Waals surface area contributed by atoms with Crippen LogP contribution in [0.3, 0.4) is 0 Å². The lowest BCUT2D eigenvalue weighted by Gasteiger charge is -2.10. The normalized spacial score (nSPS) is 11.5. The lowest BCUT2D eigenvalue weighted by molar-refractivity contribution is -0.136. The van der Waals surface area contributed by atoms with Crippen LogP contribution in [0, 0.1) is 0 Å². The van der Waals surface area contributed by atoms with Crippen molar-refractivity contribution >= 4 is 29.2 Å². The van der Waals surface area contributed by atoms with Crippen LogP contribution in [0.2, 0.25) is 0 Å². The number of carbonyl (C=O) groups is 1. The predicted molar refractivity (Wildman–Crippen MR) is 92.2 cm³/mol. The Kier molecular flexibility index (Phi) is 5.12. The Hall–Kier alpha value is -2.80. The first-order valence-electron chi connectivity index (χ1n) is 7.49. The molecule has 0 radical (unpaired) electrons. The molecular weight excluding hydrogens is 324 g/mol. The predicted octanol–water partition coefficient (Wildman–Crippen LogP) is 2.89. The number of rotatable bonds is 6. The van der Waals surface area contributed by atoms with E-state index >= 15 is 0 Å². The lowest BCUT2D eigenvalue weighted by Crippen LogP contribution is -2.12. The van der Waals surface area contributed by atoms with Crippen molar-refractivity contribution in [3.05, 3.63) is 65.2 Å². The second-order valence-electron chi connectivity index (χ2n) is 4.97. The molecule has 0 N–H and O–H groups in total. The van der Waals surface area contributed by atoms with Crippen molar-refractivity contribution in [1.82, 2.24) is 19.1 Å². The SMILES string of the molecule is CCOC(=O)C(=Cc1csnn1)c1nccn1Cc1ccccc1. The molecule has 3 rings (SSSR count). The van der Waals surface area contributed by atoms with Crippen molar-refractivity contribution in [2.75, 3.05) is 6.61 Å². The summed E-state index contributed by atoms with van der Waals surface area (Å²) in [6.07, 6.45) is 5.17. The fourth-order valence-electron chi connectivity index (χ4n) is 2.27. The number of carbonyl (C=O) groups excluding carboxylic acids is 1. The Morgan fingerprint density at radius 2 is 2.17 bits per heavy atom. The van der Waals surface area contributed by atoms with Gasteiger partial charge in [0.2, 0.25) is 0 Å². The summed E-state index contributed by atoms with van der Waals surface area (Å²) < 4.78 is 10.9. The molecule has 7 heteroatoms. The van der Waals surface area contributed by atoms with E-state index < -0.39 is 5.97 Å². The molecule has 0 saturated carbocycles. The van der Waals surface area contributed by atoms with E-state index in [1.807, 2.05) is 41.1 Å². The summed E-state index contributed by atoms with van der Waals surface area (Å²) >= 11 is 1.23. The van der Waals surface area contributed by atoms with E-state index in [2.05, 4.69) is 14.6 Å². The molecule has 0 bridgehead atoms. The lowest BCUT2D eigenvalue weighted by atomic mass is 10.2. The van der Waals surface area contributed by atoms with Crippen LogP contribution in [-0.4, -0.2) is 31.7 Å². The van der Waals surface area contributed by atoms with E-state index in [0.29, 0.717) is 30.2 Å². The Bertz CT molecular complexity index is 825. The largest absolute Gasteiger partial charge is 0.462 e. The van der Waals surface area contributed by atoms with E-state index in [9.17, 15) is 4.79 Å². The van der Waals surface area contributed by atoms with Gasteiger partial charge in [0.05, 0.1) is 12.3 Å². The van der Waals surface area contributed by atoms with E-state index in [0.717, 1.165) is 5.56 Å². The second-order valence-corrected chi connectivity index (χ2v) is 5.58. The van der Waals surface area contributed by atoms with Gasteiger partial charge in [-0.2, -0.15) is 0 Å². The number of hydrogen-bond donors (Lipinski definition) is 0. The smallest absolute Gasteiger partial charge is 0.341 e. The van der Waals surface area contributed by atoms with Crippen molar-refractivity contribution in [3.63, 3.8) is 0 Å². The van der Waals surface area contributed by atoms with Crippen molar-refractivity contribution < 1.29 is 9.53 Å². The summed E-state index contributed by atoms with van der Waals surface area (Å²) in [5, 5.41) is 5.74. The molecule has 0 unspecified atom stereocenters.